The van der Waals surface area contributed by atoms with Crippen LogP contribution in [0.25, 0.3) is 0 Å². The number of aryl methyl sites for hydroxylation is 1. The molecule has 5 nitrogen and oxygen atoms in total. The maximum absolute atomic E-state index is 12.7. The highest BCUT2D eigenvalue weighted by molar-refractivity contribution is 5.97. The fourth-order valence-electron chi connectivity index (χ4n) is 2.13. The van der Waals surface area contributed by atoms with E-state index >= 15 is 0 Å². The van der Waals surface area contributed by atoms with Crippen LogP contribution in [0.4, 0.5) is 5.69 Å². The van der Waals surface area contributed by atoms with E-state index in [0.717, 1.165) is 25.0 Å². The zero-order valence-corrected chi connectivity index (χ0v) is 14.4. The van der Waals surface area contributed by atoms with Gasteiger partial charge in [-0.3, -0.25) is 4.79 Å². The second-order valence-corrected chi connectivity index (χ2v) is 5.62. The molecule has 0 saturated carbocycles. The van der Waals surface area contributed by atoms with Gasteiger partial charge in [0.25, 0.3) is 5.91 Å². The molecule has 0 fully saturated rings. The average molecular weight is 308 g/mol. The van der Waals surface area contributed by atoms with Crippen molar-refractivity contribution in [1.82, 2.24) is 4.98 Å². The van der Waals surface area contributed by atoms with E-state index in [0.29, 0.717) is 24.6 Å². The second kappa shape index (κ2) is 8.73. The van der Waals surface area contributed by atoms with Crippen molar-refractivity contribution in [3.63, 3.8) is 0 Å². The first-order chi connectivity index (χ1) is 10.5. The Kier molecular flexibility index (Phi) is 7.32. The van der Waals surface area contributed by atoms with Gasteiger partial charge in [0.05, 0.1) is 18.5 Å². The normalized spacial score (nSPS) is 13.5. The summed E-state index contributed by atoms with van der Waals surface area (Å²) in [5, 5.41) is 2.94. The molecule has 22 heavy (non-hydrogen) atoms. The summed E-state index contributed by atoms with van der Waals surface area (Å²) in [5.41, 5.74) is 0.605. The molecule has 1 rings (SSSR count). The van der Waals surface area contributed by atoms with Crippen LogP contribution >= 0.6 is 0 Å². The lowest BCUT2D eigenvalue weighted by atomic mass is 9.97. The second-order valence-electron chi connectivity index (χ2n) is 5.62. The first kappa shape index (κ1) is 18.4. The van der Waals surface area contributed by atoms with Gasteiger partial charge >= 0.3 is 0 Å². The number of amides is 1. The van der Waals surface area contributed by atoms with Crippen LogP contribution < -0.4 is 10.1 Å². The Bertz CT molecular complexity index is 481. The Morgan fingerprint density at radius 2 is 2.05 bits per heavy atom. The number of methoxy groups -OCH3 is 1. The maximum Gasteiger partial charge on any atom is 0.256 e. The number of hydrogen-bond donors (Lipinski definition) is 1. The molecule has 1 atom stereocenters. The van der Waals surface area contributed by atoms with Crippen LogP contribution in [0.2, 0.25) is 0 Å². The highest BCUT2D eigenvalue weighted by atomic mass is 16.5. The Hall–Kier alpha value is -1.62. The first-order valence-electron chi connectivity index (χ1n) is 7.93. The van der Waals surface area contributed by atoms with Gasteiger partial charge < -0.3 is 14.8 Å². The Labute approximate surface area is 133 Å². The quantitative estimate of drug-likeness (QED) is 0.755. The van der Waals surface area contributed by atoms with Crippen LogP contribution in [0, 0.1) is 6.92 Å². The third kappa shape index (κ3) is 4.98. The number of ether oxygens (including phenoxy) is 2. The summed E-state index contributed by atoms with van der Waals surface area (Å²) < 4.78 is 10.9. The largest absolute Gasteiger partial charge is 0.481 e. The molecule has 1 amide bonds. The summed E-state index contributed by atoms with van der Waals surface area (Å²) in [5.74, 6) is 0.413. The molecule has 1 aromatic rings. The predicted molar refractivity (Wildman–Crippen MR) is 88.3 cm³/mol. The molecule has 1 N–H and O–H groups in total. The molecule has 0 aliphatic heterocycles. The van der Waals surface area contributed by atoms with Crippen molar-refractivity contribution in [2.24, 2.45) is 0 Å². The van der Waals surface area contributed by atoms with Gasteiger partial charge in [0, 0.05) is 12.7 Å². The third-order valence-corrected chi connectivity index (χ3v) is 3.63. The number of anilines is 1. The van der Waals surface area contributed by atoms with Gasteiger partial charge in [0.15, 0.2) is 0 Å². The van der Waals surface area contributed by atoms with E-state index in [1.807, 2.05) is 20.8 Å². The van der Waals surface area contributed by atoms with E-state index in [4.69, 9.17) is 9.47 Å². The lowest BCUT2D eigenvalue weighted by molar-refractivity contribution is -0.140. The molecule has 0 aromatic carbocycles. The number of rotatable bonds is 9. The highest BCUT2D eigenvalue weighted by Gasteiger charge is 2.33. The molecule has 1 aromatic heterocycles. The van der Waals surface area contributed by atoms with Crippen molar-refractivity contribution in [1.29, 1.82) is 0 Å². The monoisotopic (exact) mass is 308 g/mol. The van der Waals surface area contributed by atoms with Crippen molar-refractivity contribution in [2.75, 3.05) is 19.0 Å². The number of unbranched alkanes of at least 4 members (excludes halogenated alkanes) is 1. The number of carbonyl (C=O) groups is 1. The number of carbonyl (C=O) groups excluding carboxylic acids is 1. The third-order valence-electron chi connectivity index (χ3n) is 3.63. The van der Waals surface area contributed by atoms with Gasteiger partial charge in [-0.1, -0.05) is 26.7 Å². The summed E-state index contributed by atoms with van der Waals surface area (Å²) in [7, 11) is 1.57. The molecule has 0 aliphatic carbocycles. The number of nitrogens with zero attached hydrogens (tertiary/aromatic N) is 1. The van der Waals surface area contributed by atoms with Crippen molar-refractivity contribution in [3.8, 4) is 5.88 Å². The molecule has 0 unspecified atom stereocenters. The molecule has 0 spiro atoms. The van der Waals surface area contributed by atoms with E-state index in [1.54, 1.807) is 19.2 Å². The van der Waals surface area contributed by atoms with Crippen LogP contribution in [-0.2, 0) is 9.53 Å². The number of hydrogen-bond acceptors (Lipinski definition) is 4. The number of pyridine rings is 1. The van der Waals surface area contributed by atoms with Gasteiger partial charge in [-0.05, 0) is 32.8 Å². The lowest BCUT2D eigenvalue weighted by Gasteiger charge is -2.29. The van der Waals surface area contributed by atoms with E-state index in [1.165, 1.54) is 0 Å². The first-order valence-corrected chi connectivity index (χ1v) is 7.93. The van der Waals surface area contributed by atoms with Crippen LogP contribution in [0.3, 0.4) is 0 Å². The van der Waals surface area contributed by atoms with Gasteiger partial charge in [-0.2, -0.15) is 0 Å². The molecule has 0 saturated heterocycles. The smallest absolute Gasteiger partial charge is 0.256 e. The Balaban J connectivity index is 2.85. The van der Waals surface area contributed by atoms with E-state index in [2.05, 4.69) is 17.2 Å². The summed E-state index contributed by atoms with van der Waals surface area (Å²) in [4.78, 5) is 16.9. The maximum atomic E-state index is 12.7. The fourth-order valence-corrected chi connectivity index (χ4v) is 2.13. The van der Waals surface area contributed by atoms with E-state index in [9.17, 15) is 4.79 Å². The molecule has 5 heteroatoms. The van der Waals surface area contributed by atoms with E-state index in [-0.39, 0.29) is 5.91 Å². The highest BCUT2D eigenvalue weighted by Crippen LogP contribution is 2.24. The summed E-state index contributed by atoms with van der Waals surface area (Å²) >= 11 is 0. The van der Waals surface area contributed by atoms with Gasteiger partial charge in [-0.25, -0.2) is 4.98 Å². The van der Waals surface area contributed by atoms with Gasteiger partial charge in [0.1, 0.15) is 5.60 Å². The van der Waals surface area contributed by atoms with E-state index < -0.39 is 5.60 Å². The molecule has 0 radical (unpaired) electrons. The Morgan fingerprint density at radius 1 is 1.32 bits per heavy atom. The number of aromatic nitrogens is 1. The summed E-state index contributed by atoms with van der Waals surface area (Å²) in [6.45, 7) is 8.42. The minimum Gasteiger partial charge on any atom is -0.481 e. The molecule has 124 valence electrons. The Morgan fingerprint density at radius 3 is 2.59 bits per heavy atom. The fraction of sp³-hybridized carbons (Fsp3) is 0.647. The number of nitrogens with one attached hydrogen (secondary N) is 1. The van der Waals surface area contributed by atoms with Crippen LogP contribution in [0.5, 0.6) is 5.88 Å². The van der Waals surface area contributed by atoms with Crippen molar-refractivity contribution >= 4 is 11.6 Å². The SMILES string of the molecule is CCCC[C@](C)(OCCC)C(=O)Nc1ccc(OC)nc1C. The zero-order chi connectivity index (χ0) is 16.6. The van der Waals surface area contributed by atoms with Crippen molar-refractivity contribution < 1.29 is 14.3 Å². The van der Waals surface area contributed by atoms with Crippen LogP contribution in [0.1, 0.15) is 52.1 Å². The van der Waals surface area contributed by atoms with Crippen molar-refractivity contribution in [3.05, 3.63) is 17.8 Å². The van der Waals surface area contributed by atoms with Crippen molar-refractivity contribution in [2.45, 2.75) is 59.0 Å². The molecular formula is C17H28N2O3. The van der Waals surface area contributed by atoms with Gasteiger partial charge in [-0.15, -0.1) is 0 Å². The summed E-state index contributed by atoms with van der Waals surface area (Å²) in [6, 6.07) is 3.54. The van der Waals surface area contributed by atoms with Crippen LogP contribution in [0.15, 0.2) is 12.1 Å². The minimum absolute atomic E-state index is 0.121. The summed E-state index contributed by atoms with van der Waals surface area (Å²) in [6.07, 6.45) is 3.57. The standard InChI is InChI=1S/C17H28N2O3/c1-6-8-11-17(4,22-12-7-2)16(20)19-14-9-10-15(21-5)18-13(14)3/h9-10H,6-8,11-12H2,1-5H3,(H,19,20)/t17-/m0/s1. The molecule has 0 aliphatic rings. The average Bonchev–Trinajstić information content (AvgIpc) is 2.52. The molecule has 0 bridgehead atoms. The zero-order valence-electron chi connectivity index (χ0n) is 14.4. The lowest BCUT2D eigenvalue weighted by Crippen LogP contribution is -2.43. The minimum atomic E-state index is -0.807. The molecule has 1 heterocycles. The van der Waals surface area contributed by atoms with Gasteiger partial charge in [0.2, 0.25) is 5.88 Å². The predicted octanol–water partition coefficient (Wildman–Crippen LogP) is 3.71. The van der Waals surface area contributed by atoms with Crippen LogP contribution in [-0.4, -0.2) is 30.2 Å². The molecular weight excluding hydrogens is 280 g/mol. The topological polar surface area (TPSA) is 60.5 Å².